The van der Waals surface area contributed by atoms with Crippen LogP contribution in [0.5, 0.6) is 0 Å². The van der Waals surface area contributed by atoms with Crippen LogP contribution < -0.4 is 5.32 Å². The quantitative estimate of drug-likeness (QED) is 0.826. The van der Waals surface area contributed by atoms with Crippen molar-refractivity contribution in [3.8, 4) is 0 Å². The van der Waals surface area contributed by atoms with E-state index in [9.17, 15) is 4.79 Å². The topological polar surface area (TPSA) is 38.3 Å². The molecule has 0 fully saturated rings. The Labute approximate surface area is 131 Å². The minimum absolute atomic E-state index is 0.146. The van der Waals surface area contributed by atoms with Crippen molar-refractivity contribution in [1.29, 1.82) is 0 Å². The molecule has 22 heavy (non-hydrogen) atoms. The summed E-state index contributed by atoms with van der Waals surface area (Å²) in [6, 6.07) is 17.2. The number of hydrogen-bond acceptors (Lipinski definition) is 2. The highest BCUT2D eigenvalue weighted by Crippen LogP contribution is 2.16. The second-order valence-electron chi connectivity index (χ2n) is 5.38. The van der Waals surface area contributed by atoms with E-state index in [2.05, 4.69) is 11.9 Å². The number of hydrogen-bond donors (Lipinski definition) is 1. The number of carbonyl (C=O) groups is 1. The van der Waals surface area contributed by atoms with Crippen LogP contribution in [-0.4, -0.2) is 18.7 Å². The first-order valence-electron chi connectivity index (χ1n) is 7.20. The third-order valence-corrected chi connectivity index (χ3v) is 3.62. The van der Waals surface area contributed by atoms with Gasteiger partial charge in [-0.25, -0.2) is 0 Å². The predicted molar refractivity (Wildman–Crippen MR) is 89.6 cm³/mol. The second kappa shape index (κ2) is 7.05. The average Bonchev–Trinajstić information content (AvgIpc) is 2.56. The van der Waals surface area contributed by atoms with Gasteiger partial charge in [0.05, 0.1) is 0 Å². The molecular weight excluding hydrogens is 274 g/mol. The Balaban J connectivity index is 2.10. The minimum atomic E-state index is -0.761. The molecule has 0 aliphatic carbocycles. The summed E-state index contributed by atoms with van der Waals surface area (Å²) in [6.45, 7) is 5.61. The summed E-state index contributed by atoms with van der Waals surface area (Å²) in [7, 11) is 1.60. The molecular formula is C19H21NO2. The van der Waals surface area contributed by atoms with E-state index in [1.165, 1.54) is 0 Å². The highest BCUT2D eigenvalue weighted by atomic mass is 16.5. The molecule has 0 saturated carbocycles. The number of rotatable bonds is 6. The van der Waals surface area contributed by atoms with Gasteiger partial charge in [0.2, 0.25) is 0 Å². The van der Waals surface area contributed by atoms with Crippen molar-refractivity contribution in [2.24, 2.45) is 0 Å². The number of carbonyl (C=O) groups excluding carboxylic acids is 1. The van der Waals surface area contributed by atoms with E-state index in [1.54, 1.807) is 25.3 Å². The predicted octanol–water partition coefficient (Wildman–Crippen LogP) is 3.66. The maximum Gasteiger partial charge on any atom is 0.253 e. The zero-order valence-corrected chi connectivity index (χ0v) is 13.0. The van der Waals surface area contributed by atoms with E-state index < -0.39 is 5.72 Å². The molecule has 2 aromatic carbocycles. The molecule has 1 amide bonds. The van der Waals surface area contributed by atoms with E-state index in [0.717, 1.165) is 11.1 Å². The van der Waals surface area contributed by atoms with Crippen LogP contribution in [-0.2, 0) is 11.2 Å². The van der Waals surface area contributed by atoms with Crippen LogP contribution in [0.1, 0.15) is 28.4 Å². The van der Waals surface area contributed by atoms with Gasteiger partial charge in [-0.1, -0.05) is 55.1 Å². The molecule has 0 aliphatic rings. The SMILES string of the molecule is C=Cc1ccc(CC(C)(NC(=O)c2ccccc2)OC)cc1. The summed E-state index contributed by atoms with van der Waals surface area (Å²) < 4.78 is 5.54. The molecule has 0 bridgehead atoms. The second-order valence-corrected chi connectivity index (χ2v) is 5.38. The van der Waals surface area contributed by atoms with Crippen LogP contribution in [0.2, 0.25) is 0 Å². The zero-order chi connectivity index (χ0) is 16.0. The zero-order valence-electron chi connectivity index (χ0n) is 13.0. The van der Waals surface area contributed by atoms with Gasteiger partial charge in [-0.05, 0) is 30.2 Å². The molecule has 3 heteroatoms. The monoisotopic (exact) mass is 295 g/mol. The lowest BCUT2D eigenvalue weighted by Gasteiger charge is -2.29. The van der Waals surface area contributed by atoms with Gasteiger partial charge in [0.25, 0.3) is 5.91 Å². The molecule has 0 aliphatic heterocycles. The molecule has 2 rings (SSSR count). The van der Waals surface area contributed by atoms with Gasteiger partial charge >= 0.3 is 0 Å². The lowest BCUT2D eigenvalue weighted by molar-refractivity contribution is -0.0180. The molecule has 0 heterocycles. The van der Waals surface area contributed by atoms with Crippen molar-refractivity contribution in [3.05, 3.63) is 77.9 Å². The molecule has 0 aromatic heterocycles. The van der Waals surface area contributed by atoms with Gasteiger partial charge in [-0.15, -0.1) is 0 Å². The minimum Gasteiger partial charge on any atom is -0.359 e. The molecule has 0 radical (unpaired) electrons. The van der Waals surface area contributed by atoms with Crippen molar-refractivity contribution in [1.82, 2.24) is 5.32 Å². The standard InChI is InChI=1S/C19H21NO2/c1-4-15-10-12-16(13-11-15)14-19(2,22-3)20-18(21)17-8-6-5-7-9-17/h4-13H,1,14H2,2-3H3,(H,20,21). The van der Waals surface area contributed by atoms with Gasteiger partial charge in [0.1, 0.15) is 5.72 Å². The Morgan fingerprint density at radius 2 is 1.82 bits per heavy atom. The number of amides is 1. The Morgan fingerprint density at radius 3 is 2.36 bits per heavy atom. The molecule has 2 aromatic rings. The van der Waals surface area contributed by atoms with E-state index in [-0.39, 0.29) is 5.91 Å². The van der Waals surface area contributed by atoms with Crippen molar-refractivity contribution in [3.63, 3.8) is 0 Å². The van der Waals surface area contributed by atoms with Crippen molar-refractivity contribution < 1.29 is 9.53 Å². The summed E-state index contributed by atoms with van der Waals surface area (Å²) in [5, 5.41) is 2.96. The number of methoxy groups -OCH3 is 1. The van der Waals surface area contributed by atoms with Gasteiger partial charge < -0.3 is 10.1 Å². The molecule has 0 saturated heterocycles. The number of ether oxygens (including phenoxy) is 1. The van der Waals surface area contributed by atoms with Crippen LogP contribution in [0, 0.1) is 0 Å². The fourth-order valence-electron chi connectivity index (χ4n) is 2.23. The van der Waals surface area contributed by atoms with E-state index in [4.69, 9.17) is 4.74 Å². The third-order valence-electron chi connectivity index (χ3n) is 3.62. The van der Waals surface area contributed by atoms with Crippen LogP contribution in [0.3, 0.4) is 0 Å². The highest BCUT2D eigenvalue weighted by Gasteiger charge is 2.26. The first-order chi connectivity index (χ1) is 10.6. The smallest absolute Gasteiger partial charge is 0.253 e. The first kappa shape index (κ1) is 16.0. The van der Waals surface area contributed by atoms with Gasteiger partial charge in [0.15, 0.2) is 0 Å². The Morgan fingerprint density at radius 1 is 1.18 bits per heavy atom. The Hall–Kier alpha value is -2.39. The maximum absolute atomic E-state index is 12.3. The van der Waals surface area contributed by atoms with E-state index >= 15 is 0 Å². The summed E-state index contributed by atoms with van der Waals surface area (Å²) in [5.41, 5.74) is 2.01. The fraction of sp³-hybridized carbons (Fsp3) is 0.211. The van der Waals surface area contributed by atoms with Crippen LogP contribution >= 0.6 is 0 Å². The summed E-state index contributed by atoms with van der Waals surface area (Å²) in [5.74, 6) is -0.146. The number of nitrogens with one attached hydrogen (secondary N) is 1. The van der Waals surface area contributed by atoms with Crippen LogP contribution in [0.25, 0.3) is 6.08 Å². The summed E-state index contributed by atoms with van der Waals surface area (Å²) in [4.78, 5) is 12.3. The summed E-state index contributed by atoms with van der Waals surface area (Å²) in [6.07, 6.45) is 2.38. The normalized spacial score (nSPS) is 13.2. The molecule has 1 atom stereocenters. The Bertz CT molecular complexity index is 634. The van der Waals surface area contributed by atoms with Crippen molar-refractivity contribution in [2.45, 2.75) is 19.1 Å². The molecule has 1 unspecified atom stereocenters. The lowest BCUT2D eigenvalue weighted by Crippen LogP contribution is -2.49. The van der Waals surface area contributed by atoms with Crippen molar-refractivity contribution >= 4 is 12.0 Å². The Kier molecular flexibility index (Phi) is 5.12. The molecule has 0 spiro atoms. The van der Waals surface area contributed by atoms with Crippen LogP contribution in [0.4, 0.5) is 0 Å². The lowest BCUT2D eigenvalue weighted by atomic mass is 10.0. The first-order valence-corrected chi connectivity index (χ1v) is 7.20. The van der Waals surface area contributed by atoms with E-state index in [1.807, 2.05) is 49.4 Å². The third kappa shape index (κ3) is 4.06. The van der Waals surface area contributed by atoms with Crippen LogP contribution in [0.15, 0.2) is 61.2 Å². The molecule has 3 nitrogen and oxygen atoms in total. The van der Waals surface area contributed by atoms with Gasteiger partial charge in [-0.2, -0.15) is 0 Å². The molecule has 1 N–H and O–H groups in total. The van der Waals surface area contributed by atoms with Crippen molar-refractivity contribution in [2.75, 3.05) is 7.11 Å². The average molecular weight is 295 g/mol. The summed E-state index contributed by atoms with van der Waals surface area (Å²) >= 11 is 0. The highest BCUT2D eigenvalue weighted by molar-refractivity contribution is 5.94. The largest absolute Gasteiger partial charge is 0.359 e. The number of benzene rings is 2. The molecule has 114 valence electrons. The fourth-order valence-corrected chi connectivity index (χ4v) is 2.23. The maximum atomic E-state index is 12.3. The van der Waals surface area contributed by atoms with Gasteiger partial charge in [-0.3, -0.25) is 4.79 Å². The van der Waals surface area contributed by atoms with Gasteiger partial charge in [0, 0.05) is 19.1 Å². The van der Waals surface area contributed by atoms with E-state index in [0.29, 0.717) is 12.0 Å².